The molecule has 0 saturated heterocycles. The Balaban J connectivity index is 2.02. The molecule has 108 valence electrons. The number of nitrogens with one attached hydrogen (secondary N) is 1. The molecule has 0 radical (unpaired) electrons. The molecule has 0 aliphatic carbocycles. The molecular formula is C16H15BrN2O2. The third-order valence-electron chi connectivity index (χ3n) is 2.76. The lowest BCUT2D eigenvalue weighted by Crippen LogP contribution is -2.27. The number of nitrogens with two attached hydrogens (primary N) is 1. The number of amides is 1. The molecule has 0 bridgehead atoms. The van der Waals surface area contributed by atoms with Crippen LogP contribution in [0.25, 0.3) is 6.08 Å². The van der Waals surface area contributed by atoms with E-state index in [9.17, 15) is 4.79 Å². The lowest BCUT2D eigenvalue weighted by Gasteiger charge is -2.09. The van der Waals surface area contributed by atoms with Gasteiger partial charge in [0.05, 0.1) is 4.47 Å². The number of rotatable bonds is 5. The Bertz CT molecular complexity index is 642. The van der Waals surface area contributed by atoms with Gasteiger partial charge in [-0.1, -0.05) is 36.4 Å². The van der Waals surface area contributed by atoms with Crippen molar-refractivity contribution in [3.63, 3.8) is 0 Å². The SMILES string of the molecule is NNC(=O)/C=C/c1ccc(OCc2ccccc2)c(Br)c1. The molecule has 3 N–H and O–H groups in total. The number of benzene rings is 2. The minimum Gasteiger partial charge on any atom is -0.488 e. The van der Waals surface area contributed by atoms with Crippen LogP contribution in [0, 0.1) is 0 Å². The summed E-state index contributed by atoms with van der Waals surface area (Å²) in [5.41, 5.74) is 4.01. The van der Waals surface area contributed by atoms with Crippen molar-refractivity contribution in [1.29, 1.82) is 0 Å². The van der Waals surface area contributed by atoms with Gasteiger partial charge in [-0.25, -0.2) is 5.84 Å². The Morgan fingerprint density at radius 1 is 1.24 bits per heavy atom. The van der Waals surface area contributed by atoms with Crippen molar-refractivity contribution in [2.75, 3.05) is 0 Å². The van der Waals surface area contributed by atoms with Crippen molar-refractivity contribution in [2.45, 2.75) is 6.61 Å². The smallest absolute Gasteiger partial charge is 0.257 e. The Morgan fingerprint density at radius 2 is 2.00 bits per heavy atom. The van der Waals surface area contributed by atoms with E-state index >= 15 is 0 Å². The third-order valence-corrected chi connectivity index (χ3v) is 3.38. The van der Waals surface area contributed by atoms with E-state index in [-0.39, 0.29) is 5.91 Å². The van der Waals surface area contributed by atoms with Crippen LogP contribution in [0.15, 0.2) is 59.1 Å². The van der Waals surface area contributed by atoms with Crippen molar-refractivity contribution in [3.8, 4) is 5.75 Å². The third kappa shape index (κ3) is 4.73. The van der Waals surface area contributed by atoms with Crippen molar-refractivity contribution < 1.29 is 9.53 Å². The van der Waals surface area contributed by atoms with Crippen LogP contribution in [-0.4, -0.2) is 5.91 Å². The maximum absolute atomic E-state index is 11.0. The van der Waals surface area contributed by atoms with Crippen LogP contribution in [0.1, 0.15) is 11.1 Å². The zero-order chi connectivity index (χ0) is 15.1. The summed E-state index contributed by atoms with van der Waals surface area (Å²) in [6.07, 6.45) is 3.04. The largest absolute Gasteiger partial charge is 0.488 e. The Labute approximate surface area is 131 Å². The molecule has 0 atom stereocenters. The number of carbonyl (C=O) groups excluding carboxylic acids is 1. The van der Waals surface area contributed by atoms with Crippen molar-refractivity contribution in [3.05, 3.63) is 70.2 Å². The highest BCUT2D eigenvalue weighted by atomic mass is 79.9. The van der Waals surface area contributed by atoms with Crippen LogP contribution in [0.2, 0.25) is 0 Å². The normalized spacial score (nSPS) is 10.6. The van der Waals surface area contributed by atoms with E-state index in [1.54, 1.807) is 6.08 Å². The highest BCUT2D eigenvalue weighted by Crippen LogP contribution is 2.27. The summed E-state index contributed by atoms with van der Waals surface area (Å²) >= 11 is 3.46. The molecule has 0 aromatic heterocycles. The Hall–Kier alpha value is -2.11. The summed E-state index contributed by atoms with van der Waals surface area (Å²) in [6, 6.07) is 15.5. The molecule has 0 spiro atoms. The fourth-order valence-corrected chi connectivity index (χ4v) is 2.20. The van der Waals surface area contributed by atoms with Crippen LogP contribution < -0.4 is 16.0 Å². The molecule has 0 aliphatic rings. The number of carbonyl (C=O) groups is 1. The van der Waals surface area contributed by atoms with Crippen molar-refractivity contribution >= 4 is 27.9 Å². The van der Waals surface area contributed by atoms with Gasteiger partial charge in [-0.05, 0) is 45.3 Å². The van der Waals surface area contributed by atoms with Crippen molar-refractivity contribution in [2.24, 2.45) is 5.84 Å². The second kappa shape index (κ2) is 7.61. The molecule has 0 fully saturated rings. The Morgan fingerprint density at radius 3 is 2.67 bits per heavy atom. The molecule has 2 rings (SSSR count). The van der Waals surface area contributed by atoms with Gasteiger partial charge in [0, 0.05) is 6.08 Å². The van der Waals surface area contributed by atoms with E-state index in [0.717, 1.165) is 21.3 Å². The number of hydrazine groups is 1. The average molecular weight is 347 g/mol. The highest BCUT2D eigenvalue weighted by molar-refractivity contribution is 9.10. The zero-order valence-electron chi connectivity index (χ0n) is 11.3. The van der Waals surface area contributed by atoms with Crippen LogP contribution in [-0.2, 0) is 11.4 Å². The summed E-state index contributed by atoms with van der Waals surface area (Å²) in [5, 5.41) is 0. The van der Waals surface area contributed by atoms with E-state index in [1.165, 1.54) is 6.08 Å². The summed E-state index contributed by atoms with van der Waals surface area (Å²) in [7, 11) is 0. The number of hydrogen-bond acceptors (Lipinski definition) is 3. The number of ether oxygens (including phenoxy) is 1. The molecular weight excluding hydrogens is 332 g/mol. The minimum atomic E-state index is -0.351. The summed E-state index contributed by atoms with van der Waals surface area (Å²) < 4.78 is 6.58. The highest BCUT2D eigenvalue weighted by Gasteiger charge is 2.02. The lowest BCUT2D eigenvalue weighted by molar-refractivity contribution is -0.116. The second-order valence-electron chi connectivity index (χ2n) is 4.31. The first-order valence-corrected chi connectivity index (χ1v) is 7.13. The van der Waals surface area contributed by atoms with Gasteiger partial charge in [-0.3, -0.25) is 10.2 Å². The molecule has 2 aromatic carbocycles. The second-order valence-corrected chi connectivity index (χ2v) is 5.16. The molecule has 5 heteroatoms. The maximum Gasteiger partial charge on any atom is 0.257 e. The number of halogens is 1. The molecule has 0 saturated carbocycles. The van der Waals surface area contributed by atoms with Gasteiger partial charge in [0.25, 0.3) is 5.91 Å². The first-order valence-electron chi connectivity index (χ1n) is 6.34. The molecule has 21 heavy (non-hydrogen) atoms. The van der Waals surface area contributed by atoms with Gasteiger partial charge < -0.3 is 4.74 Å². The quantitative estimate of drug-likeness (QED) is 0.378. The van der Waals surface area contributed by atoms with E-state index in [2.05, 4.69) is 15.9 Å². The van der Waals surface area contributed by atoms with Gasteiger partial charge in [-0.15, -0.1) is 0 Å². The maximum atomic E-state index is 11.0. The average Bonchev–Trinajstić information content (AvgIpc) is 2.52. The molecule has 0 heterocycles. The summed E-state index contributed by atoms with van der Waals surface area (Å²) in [4.78, 5) is 11.0. The van der Waals surface area contributed by atoms with E-state index in [1.807, 2.05) is 54.0 Å². The van der Waals surface area contributed by atoms with Gasteiger partial charge in [0.15, 0.2) is 0 Å². The van der Waals surface area contributed by atoms with Crippen LogP contribution in [0.4, 0.5) is 0 Å². The van der Waals surface area contributed by atoms with Gasteiger partial charge in [0.1, 0.15) is 12.4 Å². The first kappa shape index (κ1) is 15.3. The number of hydrogen-bond donors (Lipinski definition) is 2. The topological polar surface area (TPSA) is 64.3 Å². The monoisotopic (exact) mass is 346 g/mol. The summed E-state index contributed by atoms with van der Waals surface area (Å²) in [5.74, 6) is 5.40. The predicted octanol–water partition coefficient (Wildman–Crippen LogP) is 3.03. The van der Waals surface area contributed by atoms with Crippen LogP contribution >= 0.6 is 15.9 Å². The molecule has 1 amide bonds. The van der Waals surface area contributed by atoms with Crippen molar-refractivity contribution in [1.82, 2.24) is 5.43 Å². The fourth-order valence-electron chi connectivity index (χ4n) is 1.69. The zero-order valence-corrected chi connectivity index (χ0v) is 12.8. The standard InChI is InChI=1S/C16H15BrN2O2/c17-14-10-12(7-9-16(20)19-18)6-8-15(14)21-11-13-4-2-1-3-5-13/h1-10H,11,18H2,(H,19,20)/b9-7+. The summed E-state index contributed by atoms with van der Waals surface area (Å²) in [6.45, 7) is 0.504. The predicted molar refractivity (Wildman–Crippen MR) is 86.3 cm³/mol. The fraction of sp³-hybridized carbons (Fsp3) is 0.0625. The minimum absolute atomic E-state index is 0.351. The van der Waals surface area contributed by atoms with Crippen LogP contribution in [0.3, 0.4) is 0 Å². The van der Waals surface area contributed by atoms with Gasteiger partial charge >= 0.3 is 0 Å². The van der Waals surface area contributed by atoms with E-state index < -0.39 is 0 Å². The Kier molecular flexibility index (Phi) is 5.54. The van der Waals surface area contributed by atoms with E-state index in [0.29, 0.717) is 6.61 Å². The van der Waals surface area contributed by atoms with Gasteiger partial charge in [-0.2, -0.15) is 0 Å². The lowest BCUT2D eigenvalue weighted by atomic mass is 10.2. The van der Waals surface area contributed by atoms with Gasteiger partial charge in [0.2, 0.25) is 0 Å². The molecule has 4 nitrogen and oxygen atoms in total. The molecule has 0 aliphatic heterocycles. The first-order chi connectivity index (χ1) is 10.2. The van der Waals surface area contributed by atoms with E-state index in [4.69, 9.17) is 10.6 Å². The van der Waals surface area contributed by atoms with Crippen LogP contribution in [0.5, 0.6) is 5.75 Å². The molecule has 2 aromatic rings. The molecule has 0 unspecified atom stereocenters.